The number of carbonyl (C=O) groups is 1. The monoisotopic (exact) mass is 418 g/mol. The standard InChI is InChI=1S/C21H28F2N6O/c1-5-8-17(27-16-14-25-20(26-15-16)21(4,22)23)19(24-9-6-2)29-12-10-28(11-13-29)18(30)7-3/h6-9,14-15,27H,3,5,10-13H2,1-2,4H3/b9-6-,17-8-,24-19+. The number of alkyl halides is 2. The third kappa shape index (κ3) is 6.20. The van der Waals surface area contributed by atoms with Crippen LogP contribution in [-0.2, 0) is 10.7 Å². The van der Waals surface area contributed by atoms with E-state index < -0.39 is 11.7 Å². The van der Waals surface area contributed by atoms with Gasteiger partial charge in [0.2, 0.25) is 5.91 Å². The highest BCUT2D eigenvalue weighted by molar-refractivity contribution is 6.01. The summed E-state index contributed by atoms with van der Waals surface area (Å²) in [6, 6.07) is 0. The maximum absolute atomic E-state index is 13.4. The van der Waals surface area contributed by atoms with Crippen LogP contribution in [0.2, 0.25) is 0 Å². The van der Waals surface area contributed by atoms with Gasteiger partial charge in [0.15, 0.2) is 11.7 Å². The van der Waals surface area contributed by atoms with Crippen molar-refractivity contribution in [2.75, 3.05) is 31.5 Å². The minimum atomic E-state index is -3.10. The van der Waals surface area contributed by atoms with Crippen LogP contribution in [0.25, 0.3) is 0 Å². The Hall–Kier alpha value is -3.10. The van der Waals surface area contributed by atoms with Crippen LogP contribution < -0.4 is 5.32 Å². The number of amidine groups is 1. The second kappa shape index (κ2) is 10.6. The molecule has 0 aromatic carbocycles. The predicted octanol–water partition coefficient (Wildman–Crippen LogP) is 3.56. The first kappa shape index (κ1) is 23.2. The molecule has 1 N–H and O–H groups in total. The molecule has 0 bridgehead atoms. The van der Waals surface area contributed by atoms with Crippen molar-refractivity contribution in [3.05, 3.63) is 54.9 Å². The molecule has 162 valence electrons. The first-order chi connectivity index (χ1) is 14.3. The summed E-state index contributed by atoms with van der Waals surface area (Å²) in [7, 11) is 0. The fourth-order valence-electron chi connectivity index (χ4n) is 2.91. The van der Waals surface area contributed by atoms with E-state index in [9.17, 15) is 13.6 Å². The van der Waals surface area contributed by atoms with Gasteiger partial charge in [-0.3, -0.25) is 4.79 Å². The zero-order valence-electron chi connectivity index (χ0n) is 17.6. The summed E-state index contributed by atoms with van der Waals surface area (Å²) in [6.07, 6.45) is 10.2. The molecular formula is C21H28F2N6O. The van der Waals surface area contributed by atoms with Gasteiger partial charge in [0.1, 0.15) is 0 Å². The predicted molar refractivity (Wildman–Crippen MR) is 114 cm³/mol. The fourth-order valence-corrected chi connectivity index (χ4v) is 2.91. The van der Waals surface area contributed by atoms with E-state index in [1.54, 1.807) is 11.1 Å². The van der Waals surface area contributed by atoms with Gasteiger partial charge in [0.05, 0.1) is 23.8 Å². The lowest BCUT2D eigenvalue weighted by Gasteiger charge is -2.36. The molecule has 0 saturated carbocycles. The second-order valence-corrected chi connectivity index (χ2v) is 6.79. The molecule has 9 heteroatoms. The molecule has 2 heterocycles. The van der Waals surface area contributed by atoms with E-state index >= 15 is 0 Å². The lowest BCUT2D eigenvalue weighted by atomic mass is 10.2. The lowest BCUT2D eigenvalue weighted by Crippen LogP contribution is -2.51. The minimum Gasteiger partial charge on any atom is -0.351 e. The number of halogens is 2. The highest BCUT2D eigenvalue weighted by atomic mass is 19.3. The topological polar surface area (TPSA) is 73.7 Å². The Labute approximate surface area is 175 Å². The van der Waals surface area contributed by atoms with E-state index in [-0.39, 0.29) is 5.91 Å². The Morgan fingerprint density at radius 3 is 2.37 bits per heavy atom. The SMILES string of the molecule is C=CC(=O)N1CCN(C(=N/C=C\C)/C(=C/CC)Nc2cnc(C(C)(F)F)nc2)CC1. The Bertz CT molecular complexity index is 819. The molecule has 2 rings (SSSR count). The van der Waals surface area contributed by atoms with Gasteiger partial charge < -0.3 is 15.1 Å². The van der Waals surface area contributed by atoms with Gasteiger partial charge in [-0.1, -0.05) is 25.7 Å². The average molecular weight is 418 g/mol. The number of amides is 1. The minimum absolute atomic E-state index is 0.0889. The molecule has 0 aliphatic carbocycles. The molecule has 0 atom stereocenters. The molecular weight excluding hydrogens is 390 g/mol. The van der Waals surface area contributed by atoms with Gasteiger partial charge >= 0.3 is 5.92 Å². The Balaban J connectivity index is 2.23. The number of carbonyl (C=O) groups excluding carboxylic acids is 1. The third-order valence-electron chi connectivity index (χ3n) is 4.38. The highest BCUT2D eigenvalue weighted by Gasteiger charge is 2.28. The summed E-state index contributed by atoms with van der Waals surface area (Å²) in [5.74, 6) is -3.01. The van der Waals surface area contributed by atoms with Crippen molar-refractivity contribution in [1.82, 2.24) is 19.8 Å². The van der Waals surface area contributed by atoms with Gasteiger partial charge in [-0.2, -0.15) is 8.78 Å². The largest absolute Gasteiger partial charge is 0.351 e. The molecule has 0 radical (unpaired) electrons. The molecule has 1 aromatic rings. The molecule has 30 heavy (non-hydrogen) atoms. The second-order valence-electron chi connectivity index (χ2n) is 6.79. The Morgan fingerprint density at radius 2 is 1.87 bits per heavy atom. The van der Waals surface area contributed by atoms with Crippen LogP contribution in [-0.4, -0.2) is 57.7 Å². The van der Waals surface area contributed by atoms with Gasteiger partial charge in [-0.15, -0.1) is 0 Å². The Kier molecular flexibility index (Phi) is 8.20. The van der Waals surface area contributed by atoms with Crippen LogP contribution in [0.3, 0.4) is 0 Å². The summed E-state index contributed by atoms with van der Waals surface area (Å²) < 4.78 is 26.7. The van der Waals surface area contributed by atoms with Crippen LogP contribution in [0.15, 0.2) is 54.1 Å². The van der Waals surface area contributed by atoms with Crippen LogP contribution in [0.4, 0.5) is 14.5 Å². The van der Waals surface area contributed by atoms with E-state index in [0.29, 0.717) is 37.7 Å². The number of hydrogen-bond acceptors (Lipinski definition) is 5. The van der Waals surface area contributed by atoms with Crippen molar-refractivity contribution in [2.24, 2.45) is 4.99 Å². The number of rotatable bonds is 7. The molecule has 1 aromatic heterocycles. The van der Waals surface area contributed by atoms with E-state index in [1.807, 2.05) is 26.0 Å². The van der Waals surface area contributed by atoms with Crippen LogP contribution in [0.1, 0.15) is 33.0 Å². The number of hydrogen-bond donors (Lipinski definition) is 1. The molecule has 1 fully saturated rings. The van der Waals surface area contributed by atoms with Crippen molar-refractivity contribution in [3.63, 3.8) is 0 Å². The smallest absolute Gasteiger partial charge is 0.303 e. The number of aromatic nitrogens is 2. The number of piperazine rings is 1. The van der Waals surface area contributed by atoms with E-state index in [4.69, 9.17) is 0 Å². The summed E-state index contributed by atoms with van der Waals surface area (Å²) in [4.78, 5) is 27.8. The zero-order valence-corrected chi connectivity index (χ0v) is 17.6. The van der Waals surface area contributed by atoms with Gasteiger partial charge in [-0.05, 0) is 19.4 Å². The first-order valence-corrected chi connectivity index (χ1v) is 9.83. The summed E-state index contributed by atoms with van der Waals surface area (Å²) >= 11 is 0. The first-order valence-electron chi connectivity index (χ1n) is 9.83. The van der Waals surface area contributed by atoms with Crippen molar-refractivity contribution in [2.45, 2.75) is 33.1 Å². The molecule has 1 aliphatic rings. The number of anilines is 1. The van der Waals surface area contributed by atoms with Gasteiger partial charge in [0.25, 0.3) is 0 Å². The third-order valence-corrected chi connectivity index (χ3v) is 4.38. The summed E-state index contributed by atoms with van der Waals surface area (Å²) in [6.45, 7) is 10.5. The summed E-state index contributed by atoms with van der Waals surface area (Å²) in [5.41, 5.74) is 1.20. The number of nitrogens with zero attached hydrogens (tertiary/aromatic N) is 5. The Morgan fingerprint density at radius 1 is 1.27 bits per heavy atom. The fraction of sp³-hybridized carbons (Fsp3) is 0.429. The zero-order chi connectivity index (χ0) is 22.1. The summed E-state index contributed by atoms with van der Waals surface area (Å²) in [5, 5.41) is 3.20. The quantitative estimate of drug-likeness (QED) is 0.416. The van der Waals surface area contributed by atoms with Crippen molar-refractivity contribution in [1.29, 1.82) is 0 Å². The maximum Gasteiger partial charge on any atom is 0.303 e. The lowest BCUT2D eigenvalue weighted by molar-refractivity contribution is -0.127. The normalized spacial score (nSPS) is 16.2. The van der Waals surface area contributed by atoms with Gasteiger partial charge in [-0.25, -0.2) is 15.0 Å². The van der Waals surface area contributed by atoms with Crippen LogP contribution >= 0.6 is 0 Å². The van der Waals surface area contributed by atoms with Gasteiger partial charge in [0, 0.05) is 39.3 Å². The van der Waals surface area contributed by atoms with Crippen molar-refractivity contribution < 1.29 is 13.6 Å². The molecule has 1 aliphatic heterocycles. The highest BCUT2D eigenvalue weighted by Crippen LogP contribution is 2.23. The molecule has 0 unspecified atom stereocenters. The molecule has 0 spiro atoms. The maximum atomic E-state index is 13.4. The van der Waals surface area contributed by atoms with Crippen molar-refractivity contribution >= 4 is 17.4 Å². The number of allylic oxidation sites excluding steroid dienone is 2. The number of nitrogens with one attached hydrogen (secondary N) is 1. The van der Waals surface area contributed by atoms with E-state index in [0.717, 1.165) is 19.0 Å². The van der Waals surface area contributed by atoms with Crippen LogP contribution in [0.5, 0.6) is 0 Å². The molecule has 1 saturated heterocycles. The number of aliphatic imine (C=N–C) groups is 1. The van der Waals surface area contributed by atoms with E-state index in [1.165, 1.54) is 18.5 Å². The molecule has 1 amide bonds. The van der Waals surface area contributed by atoms with Crippen LogP contribution in [0, 0.1) is 0 Å². The van der Waals surface area contributed by atoms with Crippen molar-refractivity contribution in [3.8, 4) is 0 Å². The molecule has 7 nitrogen and oxygen atoms in total. The average Bonchev–Trinajstić information content (AvgIpc) is 2.73. The van der Waals surface area contributed by atoms with E-state index in [2.05, 4.69) is 31.8 Å².